The Labute approximate surface area is 179 Å². The number of anilines is 1. The van der Waals surface area contributed by atoms with Gasteiger partial charge in [0.15, 0.2) is 17.5 Å². The van der Waals surface area contributed by atoms with Gasteiger partial charge in [0.05, 0.1) is 22.8 Å². The van der Waals surface area contributed by atoms with Crippen molar-refractivity contribution in [2.24, 2.45) is 0 Å². The molecule has 0 unspecified atom stereocenters. The van der Waals surface area contributed by atoms with Crippen molar-refractivity contribution in [1.29, 1.82) is 0 Å². The zero-order valence-electron chi connectivity index (χ0n) is 15.3. The summed E-state index contributed by atoms with van der Waals surface area (Å²) in [5, 5.41) is 19.8. The quantitative estimate of drug-likeness (QED) is 0.417. The number of hydrogen-bond donors (Lipinski definition) is 4. The third kappa shape index (κ3) is 5.12. The van der Waals surface area contributed by atoms with Crippen molar-refractivity contribution in [3.8, 4) is 0 Å². The van der Waals surface area contributed by atoms with Gasteiger partial charge < -0.3 is 20.2 Å². The summed E-state index contributed by atoms with van der Waals surface area (Å²) in [6.45, 7) is 1.32. The number of nitrogens with zero attached hydrogens (tertiary/aromatic N) is 2. The number of benzene rings is 1. The van der Waals surface area contributed by atoms with Crippen molar-refractivity contribution in [2.45, 2.75) is 20.1 Å². The fraction of sp³-hybridized carbons (Fsp3) is 0.176. The minimum Gasteiger partial charge on any atom is -0.441 e. The second-order valence-electron chi connectivity index (χ2n) is 5.82. The molecule has 13 heteroatoms. The number of aliphatic hydroxyl groups excluding tert-OH is 1. The van der Waals surface area contributed by atoms with Gasteiger partial charge in [0.25, 0.3) is 11.8 Å². The number of aromatic amines is 1. The zero-order valence-corrected chi connectivity index (χ0v) is 16.8. The Bertz CT molecular complexity index is 1090. The lowest BCUT2D eigenvalue weighted by molar-refractivity contribution is 0.0941. The minimum absolute atomic E-state index is 0. The molecule has 0 fully saturated rings. The van der Waals surface area contributed by atoms with Crippen LogP contribution < -0.4 is 10.6 Å². The number of nitrogens with one attached hydrogen (secondary N) is 3. The predicted octanol–water partition coefficient (Wildman–Crippen LogP) is 2.73. The first-order valence-corrected chi connectivity index (χ1v) is 8.51. The van der Waals surface area contributed by atoms with Crippen molar-refractivity contribution in [1.82, 2.24) is 20.5 Å². The summed E-state index contributed by atoms with van der Waals surface area (Å²) in [5.41, 5.74) is 0.256. The molecule has 0 aliphatic carbocycles. The van der Waals surface area contributed by atoms with Gasteiger partial charge in [-0.05, 0) is 19.1 Å². The van der Waals surface area contributed by atoms with E-state index >= 15 is 0 Å². The van der Waals surface area contributed by atoms with Gasteiger partial charge in [-0.15, -0.1) is 12.4 Å². The van der Waals surface area contributed by atoms with Crippen LogP contribution in [-0.4, -0.2) is 32.1 Å². The number of aryl methyl sites for hydroxylation is 1. The van der Waals surface area contributed by atoms with Crippen molar-refractivity contribution in [3.63, 3.8) is 0 Å². The van der Waals surface area contributed by atoms with Gasteiger partial charge in [-0.2, -0.15) is 5.10 Å². The highest BCUT2D eigenvalue weighted by Crippen LogP contribution is 2.21. The third-order valence-corrected chi connectivity index (χ3v) is 4.11. The smallest absolute Gasteiger partial charge is 0.269 e. The van der Waals surface area contributed by atoms with Crippen molar-refractivity contribution < 1.29 is 27.9 Å². The topological polar surface area (TPSA) is 133 Å². The summed E-state index contributed by atoms with van der Waals surface area (Å²) in [6, 6.07) is 2.59. The van der Waals surface area contributed by atoms with Gasteiger partial charge in [-0.25, -0.2) is 13.8 Å². The van der Waals surface area contributed by atoms with Crippen LogP contribution in [0.3, 0.4) is 0 Å². The molecule has 4 N–H and O–H groups in total. The van der Waals surface area contributed by atoms with E-state index in [1.807, 2.05) is 0 Å². The molecule has 0 spiro atoms. The highest BCUT2D eigenvalue weighted by atomic mass is 35.5. The van der Waals surface area contributed by atoms with E-state index in [2.05, 4.69) is 25.8 Å². The summed E-state index contributed by atoms with van der Waals surface area (Å²) in [4.78, 5) is 28.3. The Morgan fingerprint density at radius 1 is 1.23 bits per heavy atom. The van der Waals surface area contributed by atoms with Crippen LogP contribution in [-0.2, 0) is 13.2 Å². The molecule has 0 atom stereocenters. The molecule has 0 radical (unpaired) electrons. The van der Waals surface area contributed by atoms with E-state index < -0.39 is 23.4 Å². The molecular formula is C17H15Cl2F2N5O4. The lowest BCUT2D eigenvalue weighted by atomic mass is 10.2. The predicted molar refractivity (Wildman–Crippen MR) is 103 cm³/mol. The van der Waals surface area contributed by atoms with E-state index in [-0.39, 0.29) is 53.5 Å². The second kappa shape index (κ2) is 9.65. The van der Waals surface area contributed by atoms with Gasteiger partial charge in [0.1, 0.15) is 18.1 Å². The molecule has 0 bridgehead atoms. The van der Waals surface area contributed by atoms with E-state index in [1.165, 1.54) is 6.07 Å². The molecule has 2 heterocycles. The fourth-order valence-corrected chi connectivity index (χ4v) is 2.59. The zero-order chi connectivity index (χ0) is 21.1. The normalized spacial score (nSPS) is 10.4. The highest BCUT2D eigenvalue weighted by molar-refractivity contribution is 6.34. The third-order valence-electron chi connectivity index (χ3n) is 3.80. The largest absolute Gasteiger partial charge is 0.441 e. The average Bonchev–Trinajstić information content (AvgIpc) is 3.29. The van der Waals surface area contributed by atoms with Crippen LogP contribution in [0.2, 0.25) is 5.02 Å². The van der Waals surface area contributed by atoms with E-state index in [0.717, 1.165) is 0 Å². The Morgan fingerprint density at radius 3 is 2.60 bits per heavy atom. The number of amides is 2. The van der Waals surface area contributed by atoms with E-state index in [9.17, 15) is 18.4 Å². The Kier molecular flexibility index (Phi) is 7.48. The molecule has 9 nitrogen and oxygen atoms in total. The lowest BCUT2D eigenvalue weighted by Crippen LogP contribution is -2.23. The number of aromatic nitrogens is 3. The number of rotatable bonds is 6. The molecular weight excluding hydrogens is 447 g/mol. The number of hydrogen-bond acceptors (Lipinski definition) is 6. The molecule has 0 aliphatic heterocycles. The molecule has 2 aromatic heterocycles. The molecule has 3 rings (SSSR count). The summed E-state index contributed by atoms with van der Waals surface area (Å²) >= 11 is 5.75. The first-order chi connectivity index (χ1) is 13.8. The van der Waals surface area contributed by atoms with Crippen molar-refractivity contribution in [3.05, 3.63) is 63.5 Å². The van der Waals surface area contributed by atoms with Gasteiger partial charge in [0.2, 0.25) is 5.89 Å². The molecule has 0 saturated heterocycles. The second-order valence-corrected chi connectivity index (χ2v) is 6.23. The maximum Gasteiger partial charge on any atom is 0.269 e. The summed E-state index contributed by atoms with van der Waals surface area (Å²) in [5.74, 6) is -3.31. The maximum absolute atomic E-state index is 13.3. The molecule has 1 aromatic carbocycles. The molecule has 3 aromatic rings. The minimum atomic E-state index is -1.23. The van der Waals surface area contributed by atoms with Crippen LogP contribution in [0.15, 0.2) is 22.6 Å². The Hall–Kier alpha value is -3.02. The fourth-order valence-electron chi connectivity index (χ4n) is 2.36. The summed E-state index contributed by atoms with van der Waals surface area (Å²) in [7, 11) is 0. The standard InChI is InChI=1S/C17H14ClF2N5O4.ClH/c1-7-13(29-15(6-26)22-7)5-21-17(28)12-4-14(25-24-12)23-16(27)8-2-10(19)11(20)3-9(8)18;/h2-4,26H,5-6H2,1H3,(H,21,28)(H2,23,24,25,27);1H. The lowest BCUT2D eigenvalue weighted by Gasteiger charge is -2.05. The van der Waals surface area contributed by atoms with Gasteiger partial charge in [0, 0.05) is 6.07 Å². The summed E-state index contributed by atoms with van der Waals surface area (Å²) < 4.78 is 31.7. The van der Waals surface area contributed by atoms with Crippen LogP contribution in [0.4, 0.5) is 14.6 Å². The van der Waals surface area contributed by atoms with Crippen LogP contribution >= 0.6 is 24.0 Å². The number of aliphatic hydroxyl groups is 1. The van der Waals surface area contributed by atoms with Crippen molar-refractivity contribution in [2.75, 3.05) is 5.32 Å². The van der Waals surface area contributed by atoms with Gasteiger partial charge >= 0.3 is 0 Å². The van der Waals surface area contributed by atoms with Crippen LogP contribution in [0.25, 0.3) is 0 Å². The number of carbonyl (C=O) groups excluding carboxylic acids is 2. The monoisotopic (exact) mass is 461 g/mol. The SMILES string of the molecule is Cc1nc(CO)oc1CNC(=O)c1cc(NC(=O)c2cc(F)c(F)cc2Cl)n[nH]1.Cl. The molecule has 160 valence electrons. The number of halogens is 4. The van der Waals surface area contributed by atoms with Gasteiger partial charge in [-0.3, -0.25) is 14.7 Å². The van der Waals surface area contributed by atoms with E-state index in [0.29, 0.717) is 23.6 Å². The maximum atomic E-state index is 13.3. The first kappa shape index (κ1) is 23.3. The molecule has 0 aliphatic rings. The first-order valence-electron chi connectivity index (χ1n) is 8.14. The number of H-pyrrole nitrogens is 1. The Balaban J connectivity index is 0.00000320. The Morgan fingerprint density at radius 2 is 1.93 bits per heavy atom. The summed E-state index contributed by atoms with van der Waals surface area (Å²) in [6.07, 6.45) is 0. The van der Waals surface area contributed by atoms with E-state index in [4.69, 9.17) is 21.1 Å². The van der Waals surface area contributed by atoms with Crippen LogP contribution in [0.1, 0.15) is 38.2 Å². The van der Waals surface area contributed by atoms with E-state index in [1.54, 1.807) is 6.92 Å². The van der Waals surface area contributed by atoms with Crippen LogP contribution in [0, 0.1) is 18.6 Å². The van der Waals surface area contributed by atoms with Crippen LogP contribution in [0.5, 0.6) is 0 Å². The number of carbonyl (C=O) groups is 2. The highest BCUT2D eigenvalue weighted by Gasteiger charge is 2.18. The average molecular weight is 462 g/mol. The molecule has 2 amide bonds. The number of oxazole rings is 1. The van der Waals surface area contributed by atoms with Gasteiger partial charge in [-0.1, -0.05) is 11.6 Å². The molecule has 0 saturated carbocycles. The van der Waals surface area contributed by atoms with Crippen molar-refractivity contribution >= 4 is 41.6 Å². The molecule has 30 heavy (non-hydrogen) atoms.